The predicted molar refractivity (Wildman–Crippen MR) is 60.8 cm³/mol. The van der Waals surface area contributed by atoms with E-state index in [4.69, 9.17) is 9.47 Å². The standard InChI is InChI=1S/C11H15NO2.ClH/c1-9(12-11-13-8-14-11)7-10-5-3-2-4-6-10;/h2-6,9,11-12H,7-8H2,1H3;1H. The largest absolute Gasteiger partial charge is 0.313 e. The molecule has 3 nitrogen and oxygen atoms in total. The smallest absolute Gasteiger partial charge is 0.220 e. The minimum Gasteiger partial charge on any atom is -0.313 e. The highest BCUT2D eigenvalue weighted by molar-refractivity contribution is 5.85. The Labute approximate surface area is 96.2 Å². The van der Waals surface area contributed by atoms with Crippen molar-refractivity contribution in [2.75, 3.05) is 6.79 Å². The van der Waals surface area contributed by atoms with Crippen LogP contribution in [0, 0.1) is 0 Å². The Kier molecular flexibility index (Phi) is 5.05. The normalized spacial score (nSPS) is 17.7. The maximum absolute atomic E-state index is 5.11. The first kappa shape index (κ1) is 12.5. The molecule has 1 saturated heterocycles. The van der Waals surface area contributed by atoms with Gasteiger partial charge < -0.3 is 9.47 Å². The molecule has 1 fully saturated rings. The zero-order chi connectivity index (χ0) is 9.80. The summed E-state index contributed by atoms with van der Waals surface area (Å²) < 4.78 is 10.2. The number of halogens is 1. The van der Waals surface area contributed by atoms with Crippen molar-refractivity contribution < 1.29 is 9.47 Å². The van der Waals surface area contributed by atoms with Crippen LogP contribution in [-0.4, -0.2) is 19.2 Å². The highest BCUT2D eigenvalue weighted by Gasteiger charge is 2.20. The fourth-order valence-electron chi connectivity index (χ4n) is 1.49. The molecule has 1 aliphatic heterocycles. The van der Waals surface area contributed by atoms with Crippen molar-refractivity contribution in [3.8, 4) is 0 Å². The van der Waals surface area contributed by atoms with Crippen LogP contribution in [0.3, 0.4) is 0 Å². The van der Waals surface area contributed by atoms with Crippen molar-refractivity contribution in [2.45, 2.75) is 25.8 Å². The minimum absolute atomic E-state index is 0. The van der Waals surface area contributed by atoms with Gasteiger partial charge in [-0.25, -0.2) is 0 Å². The summed E-state index contributed by atoms with van der Waals surface area (Å²) in [5, 5.41) is 3.22. The maximum atomic E-state index is 5.11. The van der Waals surface area contributed by atoms with E-state index in [0.29, 0.717) is 12.8 Å². The molecule has 1 unspecified atom stereocenters. The van der Waals surface area contributed by atoms with Gasteiger partial charge in [-0.3, -0.25) is 5.32 Å². The van der Waals surface area contributed by atoms with Gasteiger partial charge >= 0.3 is 0 Å². The first-order valence-electron chi connectivity index (χ1n) is 4.88. The average Bonchev–Trinajstić information content (AvgIpc) is 2.13. The third-order valence-corrected chi connectivity index (χ3v) is 2.24. The second-order valence-electron chi connectivity index (χ2n) is 3.54. The Bertz CT molecular complexity index is 277. The average molecular weight is 230 g/mol. The molecule has 1 N–H and O–H groups in total. The van der Waals surface area contributed by atoms with Crippen molar-refractivity contribution >= 4 is 12.4 Å². The lowest BCUT2D eigenvalue weighted by molar-refractivity contribution is -0.335. The van der Waals surface area contributed by atoms with E-state index in [1.807, 2.05) is 6.07 Å². The number of hydrogen-bond donors (Lipinski definition) is 1. The number of benzene rings is 1. The van der Waals surface area contributed by atoms with Crippen LogP contribution in [0.4, 0.5) is 0 Å². The van der Waals surface area contributed by atoms with E-state index in [-0.39, 0.29) is 18.8 Å². The van der Waals surface area contributed by atoms with Gasteiger partial charge in [0.1, 0.15) is 0 Å². The topological polar surface area (TPSA) is 30.5 Å². The van der Waals surface area contributed by atoms with Crippen LogP contribution >= 0.6 is 12.4 Å². The van der Waals surface area contributed by atoms with E-state index < -0.39 is 0 Å². The Morgan fingerprint density at radius 2 is 2.00 bits per heavy atom. The van der Waals surface area contributed by atoms with Crippen LogP contribution in [0.15, 0.2) is 30.3 Å². The van der Waals surface area contributed by atoms with Crippen LogP contribution in [0.5, 0.6) is 0 Å². The van der Waals surface area contributed by atoms with Crippen LogP contribution in [0.25, 0.3) is 0 Å². The summed E-state index contributed by atoms with van der Waals surface area (Å²) in [7, 11) is 0. The van der Waals surface area contributed by atoms with Gasteiger partial charge in [-0.2, -0.15) is 0 Å². The molecule has 1 heterocycles. The number of hydrogen-bond acceptors (Lipinski definition) is 3. The molecule has 1 aromatic rings. The van der Waals surface area contributed by atoms with E-state index in [1.165, 1.54) is 5.56 Å². The monoisotopic (exact) mass is 229 g/mol. The van der Waals surface area contributed by atoms with Crippen molar-refractivity contribution in [1.82, 2.24) is 5.32 Å². The summed E-state index contributed by atoms with van der Waals surface area (Å²) in [6.07, 6.45) is 0.790. The van der Waals surface area contributed by atoms with Gasteiger partial charge in [0.25, 0.3) is 0 Å². The lowest BCUT2D eigenvalue weighted by Crippen LogP contribution is -2.48. The minimum atomic E-state index is -0.200. The van der Waals surface area contributed by atoms with Gasteiger partial charge in [0.2, 0.25) is 6.41 Å². The summed E-state index contributed by atoms with van der Waals surface area (Å²) in [4.78, 5) is 0. The summed E-state index contributed by atoms with van der Waals surface area (Å²) in [6, 6.07) is 10.8. The number of rotatable bonds is 4. The van der Waals surface area contributed by atoms with Gasteiger partial charge in [0.15, 0.2) is 6.79 Å². The number of nitrogens with one attached hydrogen (secondary N) is 1. The molecule has 15 heavy (non-hydrogen) atoms. The maximum Gasteiger partial charge on any atom is 0.220 e. The van der Waals surface area contributed by atoms with Crippen LogP contribution in [0.2, 0.25) is 0 Å². The van der Waals surface area contributed by atoms with Crippen LogP contribution < -0.4 is 5.32 Å². The van der Waals surface area contributed by atoms with E-state index in [2.05, 4.69) is 36.5 Å². The highest BCUT2D eigenvalue weighted by atomic mass is 35.5. The molecule has 84 valence electrons. The second kappa shape index (κ2) is 6.08. The summed E-state index contributed by atoms with van der Waals surface area (Å²) in [5.41, 5.74) is 1.33. The Morgan fingerprint density at radius 1 is 1.33 bits per heavy atom. The van der Waals surface area contributed by atoms with Crippen LogP contribution in [-0.2, 0) is 15.9 Å². The van der Waals surface area contributed by atoms with Crippen molar-refractivity contribution in [3.05, 3.63) is 35.9 Å². The second-order valence-corrected chi connectivity index (χ2v) is 3.54. The van der Waals surface area contributed by atoms with E-state index >= 15 is 0 Å². The van der Waals surface area contributed by atoms with Gasteiger partial charge in [-0.15, -0.1) is 12.4 Å². The fourth-order valence-corrected chi connectivity index (χ4v) is 1.49. The zero-order valence-corrected chi connectivity index (χ0v) is 9.50. The molecule has 1 aromatic carbocycles. The van der Waals surface area contributed by atoms with Gasteiger partial charge in [-0.05, 0) is 18.9 Å². The highest BCUT2D eigenvalue weighted by Crippen LogP contribution is 2.07. The molecule has 0 saturated carbocycles. The van der Waals surface area contributed by atoms with Gasteiger partial charge in [0, 0.05) is 6.04 Å². The van der Waals surface area contributed by atoms with Crippen molar-refractivity contribution in [1.29, 1.82) is 0 Å². The van der Waals surface area contributed by atoms with Crippen molar-refractivity contribution in [3.63, 3.8) is 0 Å². The third-order valence-electron chi connectivity index (χ3n) is 2.24. The van der Waals surface area contributed by atoms with E-state index in [1.54, 1.807) is 0 Å². The summed E-state index contributed by atoms with van der Waals surface area (Å²) in [6.45, 7) is 2.54. The third kappa shape index (κ3) is 3.80. The molecular weight excluding hydrogens is 214 g/mol. The Hall–Kier alpha value is -0.610. The molecule has 0 radical (unpaired) electrons. The SMILES string of the molecule is CC(Cc1ccccc1)NC1OCO1.Cl. The van der Waals surface area contributed by atoms with E-state index in [9.17, 15) is 0 Å². The molecule has 0 aliphatic carbocycles. The molecule has 1 aliphatic rings. The molecule has 1 atom stereocenters. The molecule has 0 amide bonds. The van der Waals surface area contributed by atoms with Gasteiger partial charge in [0.05, 0.1) is 0 Å². The van der Waals surface area contributed by atoms with Crippen molar-refractivity contribution in [2.24, 2.45) is 0 Å². The summed E-state index contributed by atoms with van der Waals surface area (Å²) >= 11 is 0. The van der Waals surface area contributed by atoms with E-state index in [0.717, 1.165) is 6.42 Å². The molecule has 2 rings (SSSR count). The zero-order valence-electron chi connectivity index (χ0n) is 8.68. The molecule has 4 heteroatoms. The Morgan fingerprint density at radius 3 is 2.53 bits per heavy atom. The molecular formula is C11H16ClNO2. The first-order valence-corrected chi connectivity index (χ1v) is 4.88. The lowest BCUT2D eigenvalue weighted by atomic mass is 10.1. The first-order chi connectivity index (χ1) is 6.84. The number of ether oxygens (including phenoxy) is 2. The van der Waals surface area contributed by atoms with Gasteiger partial charge in [-0.1, -0.05) is 30.3 Å². The lowest BCUT2D eigenvalue weighted by Gasteiger charge is -2.30. The fraction of sp³-hybridized carbons (Fsp3) is 0.455. The quantitative estimate of drug-likeness (QED) is 0.856. The van der Waals surface area contributed by atoms with Crippen LogP contribution in [0.1, 0.15) is 12.5 Å². The molecule has 0 aromatic heterocycles. The molecule has 0 bridgehead atoms. The summed E-state index contributed by atoms with van der Waals surface area (Å²) in [5.74, 6) is 0. The molecule has 0 spiro atoms. The predicted octanol–water partition coefficient (Wildman–Crippen LogP) is 1.92. The Balaban J connectivity index is 0.00000112.